The summed E-state index contributed by atoms with van der Waals surface area (Å²) in [5.74, 6) is 0. The first-order valence-electron chi connectivity index (χ1n) is 1.89. The number of alkyl halides is 2. The number of halogens is 2. The van der Waals surface area contributed by atoms with Crippen molar-refractivity contribution in [3.05, 3.63) is 6.42 Å². The molecule has 0 fully saturated rings. The first kappa shape index (κ1) is 11.0. The van der Waals surface area contributed by atoms with Gasteiger partial charge in [-0.3, -0.25) is 6.42 Å². The molecular formula is C4H7Cl2Fe-. The van der Waals surface area contributed by atoms with Crippen LogP contribution in [-0.2, 0) is 17.1 Å². The topological polar surface area (TPSA) is 0 Å². The molecule has 0 bridgehead atoms. The molecule has 0 aliphatic carbocycles. The van der Waals surface area contributed by atoms with Crippen LogP contribution in [0.2, 0.25) is 0 Å². The maximum Gasteiger partial charge on any atom is 0 e. The Morgan fingerprint density at radius 1 is 1.57 bits per heavy atom. The zero-order valence-electron chi connectivity index (χ0n) is 3.97. The SMILES string of the molecule is CC[CH-]C(Cl)Cl.[Fe]. The van der Waals surface area contributed by atoms with Gasteiger partial charge in [0.25, 0.3) is 0 Å². The fourth-order valence-electron chi connectivity index (χ4n) is 0.178. The van der Waals surface area contributed by atoms with Crippen molar-refractivity contribution in [3.8, 4) is 0 Å². The zero-order chi connectivity index (χ0) is 4.99. The second-order valence-electron chi connectivity index (χ2n) is 0.978. The van der Waals surface area contributed by atoms with E-state index in [1.54, 1.807) is 0 Å². The number of hydrogen-bond acceptors (Lipinski definition) is 0. The van der Waals surface area contributed by atoms with E-state index in [9.17, 15) is 0 Å². The van der Waals surface area contributed by atoms with Gasteiger partial charge in [0.1, 0.15) is 0 Å². The normalized spacial score (nSPS) is 8.57. The van der Waals surface area contributed by atoms with E-state index in [2.05, 4.69) is 0 Å². The molecule has 3 heteroatoms. The van der Waals surface area contributed by atoms with Crippen LogP contribution in [0.5, 0.6) is 0 Å². The molecule has 7 heavy (non-hydrogen) atoms. The van der Waals surface area contributed by atoms with Crippen LogP contribution in [0.3, 0.4) is 0 Å². The van der Waals surface area contributed by atoms with Gasteiger partial charge in [-0.05, 0) is 4.84 Å². The summed E-state index contributed by atoms with van der Waals surface area (Å²) in [7, 11) is 0. The van der Waals surface area contributed by atoms with E-state index in [4.69, 9.17) is 23.2 Å². The Kier molecular flexibility index (Phi) is 11.1. The fourth-order valence-corrected chi connectivity index (χ4v) is 0.535. The molecule has 0 rings (SSSR count). The molecule has 0 amide bonds. The van der Waals surface area contributed by atoms with Crippen LogP contribution >= 0.6 is 23.2 Å². The third kappa shape index (κ3) is 11.0. The third-order valence-electron chi connectivity index (χ3n) is 0.414. The van der Waals surface area contributed by atoms with Crippen LogP contribution in [0.15, 0.2) is 0 Å². The molecule has 0 N–H and O–H groups in total. The Morgan fingerprint density at radius 3 is 2.00 bits per heavy atom. The summed E-state index contributed by atoms with van der Waals surface area (Å²) in [6.45, 7) is 2.00. The standard InChI is InChI=1S/C4H7Cl2.Fe/c1-2-3-4(5)6;/h3-4H,2H2,1H3;/q-1;. The van der Waals surface area contributed by atoms with Crippen molar-refractivity contribution in [1.82, 2.24) is 0 Å². The maximum absolute atomic E-state index is 5.29. The van der Waals surface area contributed by atoms with Crippen molar-refractivity contribution in [2.75, 3.05) is 0 Å². The Morgan fingerprint density at radius 2 is 2.00 bits per heavy atom. The summed E-state index contributed by atoms with van der Waals surface area (Å²) < 4.78 is 0. The average Bonchev–Trinajstić information content (AvgIpc) is 1.35. The first-order valence-corrected chi connectivity index (χ1v) is 2.76. The van der Waals surface area contributed by atoms with E-state index in [0.717, 1.165) is 6.42 Å². The smallest absolute Gasteiger partial charge is 0 e. The Hall–Kier alpha value is 1.10. The summed E-state index contributed by atoms with van der Waals surface area (Å²) in [5, 5.41) is 0. The molecule has 0 aromatic carbocycles. The van der Waals surface area contributed by atoms with Crippen LogP contribution in [0.4, 0.5) is 0 Å². The van der Waals surface area contributed by atoms with Crippen molar-refractivity contribution in [3.63, 3.8) is 0 Å². The second-order valence-corrected chi connectivity index (χ2v) is 2.14. The molecule has 0 saturated heterocycles. The largest absolute Gasteiger partial charge is 0.296 e. The first-order chi connectivity index (χ1) is 2.77. The van der Waals surface area contributed by atoms with Gasteiger partial charge >= 0.3 is 0 Å². The van der Waals surface area contributed by atoms with Crippen molar-refractivity contribution in [2.45, 2.75) is 18.2 Å². The summed E-state index contributed by atoms with van der Waals surface area (Å²) in [5.41, 5.74) is 0. The minimum Gasteiger partial charge on any atom is -0.296 e. The number of rotatable bonds is 2. The van der Waals surface area contributed by atoms with E-state index in [1.807, 2.05) is 13.3 Å². The molecule has 0 unspecified atom stereocenters. The van der Waals surface area contributed by atoms with Crippen LogP contribution in [0.1, 0.15) is 13.3 Å². The predicted molar refractivity (Wildman–Crippen MR) is 30.1 cm³/mol. The Labute approximate surface area is 65.0 Å². The van der Waals surface area contributed by atoms with Crippen LogP contribution in [0.25, 0.3) is 0 Å². The van der Waals surface area contributed by atoms with Crippen molar-refractivity contribution in [1.29, 1.82) is 0 Å². The number of hydrogen-bond donors (Lipinski definition) is 0. The van der Waals surface area contributed by atoms with Gasteiger partial charge in [-0.2, -0.15) is 6.42 Å². The van der Waals surface area contributed by atoms with E-state index < -0.39 is 0 Å². The molecule has 0 aromatic rings. The molecule has 0 atom stereocenters. The van der Waals surface area contributed by atoms with Gasteiger partial charge in [-0.25, -0.2) is 0 Å². The molecule has 0 aliphatic heterocycles. The molecular weight excluding hydrogens is 175 g/mol. The minimum atomic E-state index is -0.282. The van der Waals surface area contributed by atoms with E-state index in [0.29, 0.717) is 0 Å². The van der Waals surface area contributed by atoms with Crippen LogP contribution < -0.4 is 0 Å². The Bertz CT molecular complexity index is 30.9. The quantitative estimate of drug-likeness (QED) is 0.349. The monoisotopic (exact) mass is 181 g/mol. The molecule has 0 spiro atoms. The van der Waals surface area contributed by atoms with Crippen LogP contribution in [0, 0.1) is 6.42 Å². The second kappa shape index (κ2) is 7.10. The molecule has 0 aliphatic rings. The molecule has 0 aromatic heterocycles. The third-order valence-corrected chi connectivity index (χ3v) is 0.770. The molecule has 46 valence electrons. The van der Waals surface area contributed by atoms with E-state index in [-0.39, 0.29) is 21.9 Å². The zero-order valence-corrected chi connectivity index (χ0v) is 6.59. The van der Waals surface area contributed by atoms with Gasteiger partial charge in [0.2, 0.25) is 0 Å². The van der Waals surface area contributed by atoms with Gasteiger partial charge < -0.3 is 0 Å². The van der Waals surface area contributed by atoms with Gasteiger partial charge in [0, 0.05) is 17.1 Å². The molecule has 0 saturated carbocycles. The van der Waals surface area contributed by atoms with Crippen molar-refractivity contribution in [2.24, 2.45) is 0 Å². The van der Waals surface area contributed by atoms with E-state index >= 15 is 0 Å². The van der Waals surface area contributed by atoms with Gasteiger partial charge in [-0.15, -0.1) is 23.2 Å². The molecule has 0 radical (unpaired) electrons. The minimum absolute atomic E-state index is 0. The Balaban J connectivity index is 0. The van der Waals surface area contributed by atoms with E-state index in [1.165, 1.54) is 0 Å². The van der Waals surface area contributed by atoms with Gasteiger partial charge in [0.05, 0.1) is 0 Å². The fraction of sp³-hybridized carbons (Fsp3) is 0.750. The van der Waals surface area contributed by atoms with Crippen molar-refractivity contribution >= 4 is 23.2 Å². The molecule has 0 heterocycles. The summed E-state index contributed by atoms with van der Waals surface area (Å²) in [6.07, 6.45) is 2.76. The molecule has 0 nitrogen and oxygen atoms in total. The summed E-state index contributed by atoms with van der Waals surface area (Å²) >= 11 is 10.6. The van der Waals surface area contributed by atoms with Crippen molar-refractivity contribution < 1.29 is 17.1 Å². The van der Waals surface area contributed by atoms with Gasteiger partial charge in [-0.1, -0.05) is 6.92 Å². The summed E-state index contributed by atoms with van der Waals surface area (Å²) in [4.78, 5) is -0.282. The summed E-state index contributed by atoms with van der Waals surface area (Å²) in [6, 6.07) is 0. The maximum atomic E-state index is 5.29. The van der Waals surface area contributed by atoms with Gasteiger partial charge in [0.15, 0.2) is 0 Å². The average molecular weight is 182 g/mol. The van der Waals surface area contributed by atoms with Crippen LogP contribution in [-0.4, -0.2) is 4.84 Å². The predicted octanol–water partition coefficient (Wildman–Crippen LogP) is 2.40.